The highest BCUT2D eigenvalue weighted by Crippen LogP contribution is 2.45. The van der Waals surface area contributed by atoms with Crippen LogP contribution in [0, 0.1) is 0 Å². The molecular weight excluding hydrogens is 377 g/mol. The van der Waals surface area contributed by atoms with Crippen LogP contribution in [0.3, 0.4) is 0 Å². The number of para-hydroxylation sites is 1. The van der Waals surface area contributed by atoms with Crippen LogP contribution in [0.1, 0.15) is 12.0 Å². The summed E-state index contributed by atoms with van der Waals surface area (Å²) < 4.78 is 17.1. The molecule has 1 fully saturated rings. The van der Waals surface area contributed by atoms with Gasteiger partial charge in [-0.25, -0.2) is 0 Å². The smallest absolute Gasteiger partial charge is 0.292 e. The quantitative estimate of drug-likeness (QED) is 0.720. The van der Waals surface area contributed by atoms with Gasteiger partial charge >= 0.3 is 0 Å². The Labute approximate surface area is 161 Å². The molecule has 1 saturated heterocycles. The molecule has 0 bridgehead atoms. The summed E-state index contributed by atoms with van der Waals surface area (Å²) in [5, 5.41) is 1.02. The molecule has 2 aromatic rings. The Hall–Kier alpha value is -1.79. The Morgan fingerprint density at radius 3 is 2.65 bits per heavy atom. The first-order valence-corrected chi connectivity index (χ1v) is 9.15. The number of amides is 1. The molecule has 5 nitrogen and oxygen atoms in total. The van der Waals surface area contributed by atoms with Gasteiger partial charge in [0.15, 0.2) is 0 Å². The zero-order valence-electron chi connectivity index (χ0n) is 13.9. The molecule has 0 atom stereocenters. The van der Waals surface area contributed by atoms with Crippen LogP contribution < -0.4 is 9.64 Å². The zero-order valence-corrected chi connectivity index (χ0v) is 15.4. The van der Waals surface area contributed by atoms with Gasteiger partial charge in [0.2, 0.25) is 0 Å². The number of ether oxygens (including phenoxy) is 3. The van der Waals surface area contributed by atoms with E-state index in [9.17, 15) is 4.79 Å². The van der Waals surface area contributed by atoms with Crippen molar-refractivity contribution in [3.63, 3.8) is 0 Å². The van der Waals surface area contributed by atoms with E-state index in [2.05, 4.69) is 0 Å². The number of anilines is 1. The standard InChI is InChI=1S/C19H17Cl2NO4/c20-13-6-7-17(15(21)12-13)24-9-3-8-22-16-5-2-1-4-14(16)19(18(22)23)25-10-11-26-19/h1-2,4-7,12H,3,8-11H2. The molecular formula is C19H17Cl2NO4. The summed E-state index contributed by atoms with van der Waals surface area (Å²) in [4.78, 5) is 14.6. The lowest BCUT2D eigenvalue weighted by Crippen LogP contribution is -2.41. The minimum Gasteiger partial charge on any atom is -0.492 e. The molecule has 1 spiro atoms. The summed E-state index contributed by atoms with van der Waals surface area (Å²) >= 11 is 12.0. The molecule has 1 amide bonds. The van der Waals surface area contributed by atoms with E-state index in [4.69, 9.17) is 37.4 Å². The molecule has 2 heterocycles. The fraction of sp³-hybridized carbons (Fsp3) is 0.316. The molecule has 26 heavy (non-hydrogen) atoms. The number of carbonyl (C=O) groups excluding carboxylic acids is 1. The summed E-state index contributed by atoms with van der Waals surface area (Å²) in [6.45, 7) is 1.73. The summed E-state index contributed by atoms with van der Waals surface area (Å²) in [6, 6.07) is 12.7. The van der Waals surface area contributed by atoms with E-state index < -0.39 is 5.79 Å². The third-order valence-electron chi connectivity index (χ3n) is 4.45. The second-order valence-electron chi connectivity index (χ2n) is 6.06. The number of benzene rings is 2. The van der Waals surface area contributed by atoms with Crippen molar-refractivity contribution < 1.29 is 19.0 Å². The van der Waals surface area contributed by atoms with Gasteiger partial charge in [-0.3, -0.25) is 4.79 Å². The SMILES string of the molecule is O=C1N(CCCOc2ccc(Cl)cc2Cl)c2ccccc2C12OCCO2. The number of rotatable bonds is 5. The number of nitrogens with zero attached hydrogens (tertiary/aromatic N) is 1. The van der Waals surface area contributed by atoms with Crippen molar-refractivity contribution >= 4 is 34.8 Å². The highest BCUT2D eigenvalue weighted by Gasteiger charge is 2.55. The van der Waals surface area contributed by atoms with Crippen molar-refractivity contribution in [2.75, 3.05) is 31.3 Å². The van der Waals surface area contributed by atoms with Crippen LogP contribution in [0.5, 0.6) is 5.75 Å². The van der Waals surface area contributed by atoms with Crippen LogP contribution in [0.2, 0.25) is 10.0 Å². The van der Waals surface area contributed by atoms with Gasteiger partial charge in [0.1, 0.15) is 5.75 Å². The first kappa shape index (κ1) is 17.6. The van der Waals surface area contributed by atoms with E-state index >= 15 is 0 Å². The van der Waals surface area contributed by atoms with Gasteiger partial charge in [-0.05, 0) is 30.7 Å². The van der Waals surface area contributed by atoms with Crippen LogP contribution in [-0.2, 0) is 20.1 Å². The van der Waals surface area contributed by atoms with Crippen LogP contribution in [-0.4, -0.2) is 32.3 Å². The first-order chi connectivity index (χ1) is 12.6. The Morgan fingerprint density at radius 1 is 1.12 bits per heavy atom. The van der Waals surface area contributed by atoms with E-state index in [0.29, 0.717) is 48.6 Å². The predicted octanol–water partition coefficient (Wildman–Crippen LogP) is 4.01. The minimum absolute atomic E-state index is 0.180. The van der Waals surface area contributed by atoms with Gasteiger partial charge in [-0.15, -0.1) is 0 Å². The predicted molar refractivity (Wildman–Crippen MR) is 99.0 cm³/mol. The van der Waals surface area contributed by atoms with E-state index in [0.717, 1.165) is 11.3 Å². The fourth-order valence-corrected chi connectivity index (χ4v) is 3.76. The Balaban J connectivity index is 1.43. The lowest BCUT2D eigenvalue weighted by molar-refractivity contribution is -0.180. The van der Waals surface area contributed by atoms with Gasteiger partial charge in [0, 0.05) is 17.1 Å². The minimum atomic E-state index is -1.28. The number of carbonyl (C=O) groups is 1. The normalized spacial score (nSPS) is 17.8. The third-order valence-corrected chi connectivity index (χ3v) is 4.98. The lowest BCUT2D eigenvalue weighted by atomic mass is 10.1. The van der Waals surface area contributed by atoms with E-state index in [1.54, 1.807) is 23.1 Å². The molecule has 2 aromatic carbocycles. The van der Waals surface area contributed by atoms with Crippen molar-refractivity contribution in [3.8, 4) is 5.75 Å². The highest BCUT2D eigenvalue weighted by molar-refractivity contribution is 6.35. The van der Waals surface area contributed by atoms with Crippen LogP contribution >= 0.6 is 23.2 Å². The molecule has 2 aliphatic heterocycles. The summed E-state index contributed by atoms with van der Waals surface area (Å²) in [7, 11) is 0. The van der Waals surface area contributed by atoms with Crippen molar-refractivity contribution in [2.24, 2.45) is 0 Å². The van der Waals surface area contributed by atoms with Crippen LogP contribution in [0.15, 0.2) is 42.5 Å². The highest BCUT2D eigenvalue weighted by atomic mass is 35.5. The third kappa shape index (κ3) is 2.95. The number of fused-ring (bicyclic) bond motifs is 2. The maximum atomic E-state index is 12.9. The molecule has 0 unspecified atom stereocenters. The molecule has 136 valence electrons. The maximum absolute atomic E-state index is 12.9. The largest absolute Gasteiger partial charge is 0.492 e. The Kier molecular flexibility index (Phi) is 4.80. The second-order valence-corrected chi connectivity index (χ2v) is 6.91. The molecule has 0 radical (unpaired) electrons. The van der Waals surface area contributed by atoms with Crippen LogP contribution in [0.25, 0.3) is 0 Å². The number of hydrogen-bond donors (Lipinski definition) is 0. The van der Waals surface area contributed by atoms with Gasteiger partial charge in [0.05, 0.1) is 30.5 Å². The van der Waals surface area contributed by atoms with Gasteiger partial charge in [0.25, 0.3) is 11.7 Å². The molecule has 2 aliphatic rings. The average molecular weight is 394 g/mol. The second kappa shape index (κ2) is 7.08. The first-order valence-electron chi connectivity index (χ1n) is 8.39. The van der Waals surface area contributed by atoms with Gasteiger partial charge in [-0.2, -0.15) is 0 Å². The van der Waals surface area contributed by atoms with Gasteiger partial charge in [-0.1, -0.05) is 41.4 Å². The Morgan fingerprint density at radius 2 is 1.88 bits per heavy atom. The number of halogens is 2. The molecule has 0 aliphatic carbocycles. The fourth-order valence-electron chi connectivity index (χ4n) is 3.30. The molecule has 0 saturated carbocycles. The molecule has 0 aromatic heterocycles. The molecule has 4 rings (SSSR count). The summed E-state index contributed by atoms with van der Waals surface area (Å²) in [6.07, 6.45) is 0.634. The summed E-state index contributed by atoms with van der Waals surface area (Å²) in [5.41, 5.74) is 1.59. The van der Waals surface area contributed by atoms with Crippen molar-refractivity contribution in [2.45, 2.75) is 12.2 Å². The monoisotopic (exact) mass is 393 g/mol. The van der Waals surface area contributed by atoms with E-state index in [1.807, 2.05) is 24.3 Å². The van der Waals surface area contributed by atoms with Crippen molar-refractivity contribution in [1.82, 2.24) is 0 Å². The van der Waals surface area contributed by atoms with Crippen molar-refractivity contribution in [1.29, 1.82) is 0 Å². The molecule has 0 N–H and O–H groups in total. The van der Waals surface area contributed by atoms with Crippen LogP contribution in [0.4, 0.5) is 5.69 Å². The number of hydrogen-bond acceptors (Lipinski definition) is 4. The maximum Gasteiger partial charge on any atom is 0.292 e. The van der Waals surface area contributed by atoms with Gasteiger partial charge < -0.3 is 19.1 Å². The van der Waals surface area contributed by atoms with E-state index in [-0.39, 0.29) is 5.91 Å². The zero-order chi connectivity index (χ0) is 18.1. The Bertz CT molecular complexity index is 836. The lowest BCUT2D eigenvalue weighted by Gasteiger charge is -2.22. The average Bonchev–Trinajstić information content (AvgIpc) is 3.21. The summed E-state index contributed by atoms with van der Waals surface area (Å²) in [5.74, 6) is -0.888. The van der Waals surface area contributed by atoms with Crippen molar-refractivity contribution in [3.05, 3.63) is 58.1 Å². The topological polar surface area (TPSA) is 48.0 Å². The van der Waals surface area contributed by atoms with E-state index in [1.165, 1.54) is 0 Å². The molecule has 7 heteroatoms.